The summed E-state index contributed by atoms with van der Waals surface area (Å²) in [7, 11) is 1.08. The van der Waals surface area contributed by atoms with E-state index in [0.717, 1.165) is 19.2 Å². The first-order valence-corrected chi connectivity index (χ1v) is 8.94. The van der Waals surface area contributed by atoms with E-state index in [0.29, 0.717) is 6.07 Å². The molecule has 0 radical (unpaired) electrons. The Kier molecular flexibility index (Phi) is 5.79. The number of alkyl halides is 6. The van der Waals surface area contributed by atoms with Crippen molar-refractivity contribution in [2.24, 2.45) is 0 Å². The van der Waals surface area contributed by atoms with Crippen LogP contribution in [-0.2, 0) is 16.9 Å². The Balaban J connectivity index is 2.31. The van der Waals surface area contributed by atoms with Crippen LogP contribution in [0.2, 0.25) is 0 Å². The topological polar surface area (TPSA) is 51.3 Å². The number of aromatic nitrogens is 1. The van der Waals surface area contributed by atoms with Crippen LogP contribution in [-0.4, -0.2) is 24.4 Å². The standard InChI is InChI=1S/C21H17F6NO3/c1-12-8-17(29)28-18-15(12)9-14(10-16(18)30-2)19(20(22,23)24,21(25,26)27)31-11-13-6-4-3-5-7-13/h3-10H,11H2,1-2H3,(H,28,29). The van der Waals surface area contributed by atoms with E-state index in [1.165, 1.54) is 31.2 Å². The van der Waals surface area contributed by atoms with Crippen molar-refractivity contribution in [3.63, 3.8) is 0 Å². The number of aryl methyl sites for hydroxylation is 1. The van der Waals surface area contributed by atoms with Crippen molar-refractivity contribution in [2.45, 2.75) is 31.5 Å². The van der Waals surface area contributed by atoms with Gasteiger partial charge in [0, 0.05) is 17.0 Å². The first-order valence-electron chi connectivity index (χ1n) is 8.94. The Hall–Kier alpha value is -3.01. The molecule has 0 saturated heterocycles. The zero-order valence-electron chi connectivity index (χ0n) is 16.3. The summed E-state index contributed by atoms with van der Waals surface area (Å²) < 4.78 is 94.4. The first-order chi connectivity index (χ1) is 14.4. The smallest absolute Gasteiger partial charge is 0.430 e. The fourth-order valence-electron chi connectivity index (χ4n) is 3.35. The fourth-order valence-corrected chi connectivity index (χ4v) is 3.35. The van der Waals surface area contributed by atoms with Crippen molar-refractivity contribution in [3.8, 4) is 5.75 Å². The van der Waals surface area contributed by atoms with Crippen LogP contribution in [0.25, 0.3) is 10.9 Å². The average molecular weight is 445 g/mol. The van der Waals surface area contributed by atoms with E-state index in [1.54, 1.807) is 6.07 Å². The Morgan fingerprint density at radius 3 is 2.10 bits per heavy atom. The number of hydrogen-bond acceptors (Lipinski definition) is 3. The number of benzene rings is 2. The van der Waals surface area contributed by atoms with Crippen LogP contribution >= 0.6 is 0 Å². The lowest BCUT2D eigenvalue weighted by Gasteiger charge is -2.37. The molecule has 10 heteroatoms. The minimum absolute atomic E-state index is 0.0161. The zero-order chi connectivity index (χ0) is 23.0. The van der Waals surface area contributed by atoms with Gasteiger partial charge in [-0.2, -0.15) is 26.3 Å². The molecule has 0 amide bonds. The Morgan fingerprint density at radius 1 is 0.935 bits per heavy atom. The maximum atomic E-state index is 14.1. The number of hydrogen-bond donors (Lipinski definition) is 1. The van der Waals surface area contributed by atoms with E-state index in [9.17, 15) is 31.1 Å². The van der Waals surface area contributed by atoms with Gasteiger partial charge in [0.25, 0.3) is 5.60 Å². The number of pyridine rings is 1. The maximum Gasteiger partial charge on any atom is 0.430 e. The van der Waals surface area contributed by atoms with Gasteiger partial charge in [0.1, 0.15) is 5.75 Å². The monoisotopic (exact) mass is 445 g/mol. The molecular formula is C21H17F6NO3. The predicted octanol–water partition coefficient (Wildman–Crippen LogP) is 5.38. The van der Waals surface area contributed by atoms with E-state index < -0.39 is 35.7 Å². The van der Waals surface area contributed by atoms with Crippen LogP contribution < -0.4 is 10.3 Å². The van der Waals surface area contributed by atoms with Gasteiger partial charge in [-0.1, -0.05) is 30.3 Å². The van der Waals surface area contributed by atoms with Gasteiger partial charge in [-0.15, -0.1) is 0 Å². The predicted molar refractivity (Wildman–Crippen MR) is 101 cm³/mol. The summed E-state index contributed by atoms with van der Waals surface area (Å²) in [6.45, 7) is 0.458. The highest BCUT2D eigenvalue weighted by atomic mass is 19.4. The average Bonchev–Trinajstić information content (AvgIpc) is 2.67. The second-order valence-electron chi connectivity index (χ2n) is 6.87. The number of aromatic amines is 1. The molecule has 1 aromatic heterocycles. The second kappa shape index (κ2) is 7.92. The van der Waals surface area contributed by atoms with Crippen molar-refractivity contribution in [3.05, 3.63) is 75.6 Å². The lowest BCUT2D eigenvalue weighted by Crippen LogP contribution is -2.55. The van der Waals surface area contributed by atoms with Crippen LogP contribution in [0.1, 0.15) is 16.7 Å². The molecule has 3 aromatic rings. The third-order valence-corrected chi connectivity index (χ3v) is 4.85. The van der Waals surface area contributed by atoms with Crippen LogP contribution in [0, 0.1) is 6.92 Å². The second-order valence-corrected chi connectivity index (χ2v) is 6.87. The van der Waals surface area contributed by atoms with E-state index in [1.807, 2.05) is 0 Å². The van der Waals surface area contributed by atoms with Gasteiger partial charge in [-0.25, -0.2) is 0 Å². The third kappa shape index (κ3) is 3.99. The maximum absolute atomic E-state index is 14.1. The number of ether oxygens (including phenoxy) is 2. The fraction of sp³-hybridized carbons (Fsp3) is 0.286. The molecule has 166 valence electrons. The molecule has 1 N–H and O–H groups in total. The van der Waals surface area contributed by atoms with Gasteiger partial charge in [0.2, 0.25) is 5.56 Å². The van der Waals surface area contributed by atoms with Crippen molar-refractivity contribution in [1.82, 2.24) is 4.98 Å². The lowest BCUT2D eigenvalue weighted by atomic mass is 9.89. The highest BCUT2D eigenvalue weighted by Crippen LogP contribution is 2.54. The Labute approximate surface area is 172 Å². The lowest BCUT2D eigenvalue weighted by molar-refractivity contribution is -0.392. The zero-order valence-corrected chi connectivity index (χ0v) is 16.3. The molecule has 0 unspecified atom stereocenters. The minimum Gasteiger partial charge on any atom is -0.495 e. The van der Waals surface area contributed by atoms with E-state index in [4.69, 9.17) is 4.74 Å². The third-order valence-electron chi connectivity index (χ3n) is 4.85. The molecule has 4 nitrogen and oxygen atoms in total. The molecule has 0 saturated carbocycles. The van der Waals surface area contributed by atoms with Gasteiger partial charge in [0.15, 0.2) is 0 Å². The van der Waals surface area contributed by atoms with E-state index in [-0.39, 0.29) is 27.8 Å². The number of halogens is 6. The van der Waals surface area contributed by atoms with Crippen molar-refractivity contribution in [2.75, 3.05) is 7.11 Å². The summed E-state index contributed by atoms with van der Waals surface area (Å²) in [6, 6.07) is 9.60. The highest BCUT2D eigenvalue weighted by molar-refractivity contribution is 5.88. The molecule has 0 bridgehead atoms. The Bertz CT molecular complexity index is 1120. The van der Waals surface area contributed by atoms with Gasteiger partial charge in [-0.3, -0.25) is 4.79 Å². The van der Waals surface area contributed by atoms with Crippen molar-refractivity contribution in [1.29, 1.82) is 0 Å². The molecule has 0 aliphatic carbocycles. The molecule has 0 aliphatic heterocycles. The van der Waals surface area contributed by atoms with Crippen LogP contribution in [0.3, 0.4) is 0 Å². The quantitative estimate of drug-likeness (QED) is 0.537. The molecule has 0 fully saturated rings. The minimum atomic E-state index is -5.85. The molecule has 31 heavy (non-hydrogen) atoms. The number of methoxy groups -OCH3 is 1. The van der Waals surface area contributed by atoms with Gasteiger partial charge in [-0.05, 0) is 30.2 Å². The van der Waals surface area contributed by atoms with Crippen molar-refractivity contribution < 1.29 is 35.8 Å². The molecule has 0 aliphatic rings. The van der Waals surface area contributed by atoms with Crippen LogP contribution in [0.15, 0.2) is 53.3 Å². The van der Waals surface area contributed by atoms with Crippen molar-refractivity contribution >= 4 is 10.9 Å². The van der Waals surface area contributed by atoms with Gasteiger partial charge >= 0.3 is 12.4 Å². The summed E-state index contributed by atoms with van der Waals surface area (Å²) >= 11 is 0. The number of rotatable bonds is 5. The molecular weight excluding hydrogens is 428 g/mol. The Morgan fingerprint density at radius 2 is 1.55 bits per heavy atom. The van der Waals surface area contributed by atoms with E-state index in [2.05, 4.69) is 9.72 Å². The van der Waals surface area contributed by atoms with Crippen LogP contribution in [0.5, 0.6) is 5.75 Å². The summed E-state index contributed by atoms with van der Waals surface area (Å²) in [4.78, 5) is 14.1. The molecule has 0 atom stereocenters. The first kappa shape index (κ1) is 22.7. The normalized spacial score (nSPS) is 12.9. The molecule has 3 rings (SSSR count). The van der Waals surface area contributed by atoms with E-state index >= 15 is 0 Å². The number of nitrogens with one attached hydrogen (secondary N) is 1. The van der Waals surface area contributed by atoms with Gasteiger partial charge < -0.3 is 14.5 Å². The summed E-state index contributed by atoms with van der Waals surface area (Å²) in [5, 5.41) is -0.0323. The SMILES string of the molecule is COc1cc(C(OCc2ccccc2)(C(F)(F)F)C(F)(F)F)cc2c(C)cc(=O)[nH]c12. The largest absolute Gasteiger partial charge is 0.495 e. The van der Waals surface area contributed by atoms with Crippen LogP contribution in [0.4, 0.5) is 26.3 Å². The summed E-state index contributed by atoms with van der Waals surface area (Å²) in [5.41, 5.74) is -6.11. The summed E-state index contributed by atoms with van der Waals surface area (Å²) in [5.74, 6) is -0.352. The summed E-state index contributed by atoms with van der Waals surface area (Å²) in [6.07, 6.45) is -11.7. The highest BCUT2D eigenvalue weighted by Gasteiger charge is 2.73. The molecule has 2 aromatic carbocycles. The molecule has 0 spiro atoms. The van der Waals surface area contributed by atoms with Gasteiger partial charge in [0.05, 0.1) is 19.2 Å². The number of H-pyrrole nitrogens is 1. The molecule has 1 heterocycles. The number of fused-ring (bicyclic) bond motifs is 1.